The van der Waals surface area contributed by atoms with E-state index in [4.69, 9.17) is 4.98 Å². The molecule has 116 valence electrons. The standard InChI is InChI=1S/C18H16N3S.HI/c1-20-9-5-6-13(10-20)16-12-22-18(19-16)15-11-21(2)17-8-4-3-7-14(15)17;/h3-12H,1-2H3;1H/q+1;/p-1. The predicted octanol–water partition coefficient (Wildman–Crippen LogP) is 0.797. The van der Waals surface area contributed by atoms with Crippen LogP contribution >= 0.6 is 11.3 Å². The smallest absolute Gasteiger partial charge is 0.178 e. The molecule has 5 heteroatoms. The highest BCUT2D eigenvalue weighted by molar-refractivity contribution is 7.13. The first-order valence-electron chi connectivity index (χ1n) is 7.18. The molecule has 0 saturated heterocycles. The predicted molar refractivity (Wildman–Crippen MR) is 90.6 cm³/mol. The van der Waals surface area contributed by atoms with E-state index in [9.17, 15) is 0 Å². The minimum absolute atomic E-state index is 0. The molecule has 3 heterocycles. The third-order valence-corrected chi connectivity index (χ3v) is 4.74. The van der Waals surface area contributed by atoms with Gasteiger partial charge in [-0.05, 0) is 12.1 Å². The molecule has 0 radical (unpaired) electrons. The first-order valence-corrected chi connectivity index (χ1v) is 8.06. The Kier molecular flexibility index (Phi) is 4.50. The maximum absolute atomic E-state index is 4.85. The van der Waals surface area contributed by atoms with E-state index >= 15 is 0 Å². The summed E-state index contributed by atoms with van der Waals surface area (Å²) < 4.78 is 4.21. The van der Waals surface area contributed by atoms with Crippen LogP contribution in [0.2, 0.25) is 0 Å². The monoisotopic (exact) mass is 433 g/mol. The van der Waals surface area contributed by atoms with Gasteiger partial charge in [-0.15, -0.1) is 11.3 Å². The number of thiazole rings is 1. The maximum Gasteiger partial charge on any atom is 0.178 e. The Morgan fingerprint density at radius 2 is 1.96 bits per heavy atom. The van der Waals surface area contributed by atoms with Gasteiger partial charge in [-0.25, -0.2) is 9.55 Å². The molecule has 3 aromatic heterocycles. The fraction of sp³-hybridized carbons (Fsp3) is 0.111. The molecule has 0 saturated carbocycles. The van der Waals surface area contributed by atoms with E-state index in [1.54, 1.807) is 11.3 Å². The van der Waals surface area contributed by atoms with Crippen LogP contribution in [0.1, 0.15) is 0 Å². The second kappa shape index (κ2) is 6.41. The van der Waals surface area contributed by atoms with Gasteiger partial charge >= 0.3 is 0 Å². The topological polar surface area (TPSA) is 21.7 Å². The van der Waals surface area contributed by atoms with Crippen molar-refractivity contribution >= 4 is 22.2 Å². The Hall–Kier alpha value is -1.73. The zero-order valence-corrected chi connectivity index (χ0v) is 15.9. The van der Waals surface area contributed by atoms with E-state index in [1.165, 1.54) is 16.5 Å². The molecule has 0 unspecified atom stereocenters. The summed E-state index contributed by atoms with van der Waals surface area (Å²) in [6, 6.07) is 12.6. The van der Waals surface area contributed by atoms with Gasteiger partial charge in [-0.1, -0.05) is 18.2 Å². The number of pyridine rings is 1. The Morgan fingerprint density at radius 1 is 1.13 bits per heavy atom. The first-order chi connectivity index (χ1) is 10.7. The van der Waals surface area contributed by atoms with Crippen molar-refractivity contribution in [1.82, 2.24) is 9.55 Å². The Labute approximate surface area is 156 Å². The molecule has 1 aromatic carbocycles. The summed E-state index contributed by atoms with van der Waals surface area (Å²) in [7, 11) is 4.11. The zero-order valence-electron chi connectivity index (χ0n) is 12.9. The fourth-order valence-electron chi connectivity index (χ4n) is 2.78. The van der Waals surface area contributed by atoms with Crippen LogP contribution in [0.3, 0.4) is 0 Å². The van der Waals surface area contributed by atoms with Gasteiger partial charge in [0.15, 0.2) is 12.4 Å². The number of rotatable bonds is 2. The maximum atomic E-state index is 4.85. The van der Waals surface area contributed by atoms with E-state index < -0.39 is 0 Å². The molecule has 23 heavy (non-hydrogen) atoms. The molecule has 0 atom stereocenters. The van der Waals surface area contributed by atoms with Gasteiger partial charge in [0, 0.05) is 41.2 Å². The number of nitrogens with zero attached hydrogens (tertiary/aromatic N) is 3. The molecule has 0 bridgehead atoms. The van der Waals surface area contributed by atoms with Crippen LogP contribution < -0.4 is 28.5 Å². The van der Waals surface area contributed by atoms with Gasteiger partial charge in [0.2, 0.25) is 0 Å². The summed E-state index contributed by atoms with van der Waals surface area (Å²) >= 11 is 1.70. The minimum atomic E-state index is 0. The number of aryl methyl sites for hydroxylation is 2. The van der Waals surface area contributed by atoms with Crippen LogP contribution in [0.15, 0.2) is 60.4 Å². The average molecular weight is 433 g/mol. The molecule has 4 aromatic rings. The van der Waals surface area contributed by atoms with Crippen LogP contribution in [-0.4, -0.2) is 9.55 Å². The number of hydrogen-bond donors (Lipinski definition) is 0. The number of halogens is 1. The normalized spacial score (nSPS) is 10.7. The van der Waals surface area contributed by atoms with E-state index in [1.807, 2.05) is 23.9 Å². The first kappa shape index (κ1) is 16.1. The molecule has 0 aliphatic carbocycles. The van der Waals surface area contributed by atoms with Crippen molar-refractivity contribution in [2.24, 2.45) is 14.1 Å². The Bertz CT molecular complexity index is 971. The van der Waals surface area contributed by atoms with Gasteiger partial charge < -0.3 is 28.5 Å². The third-order valence-electron chi connectivity index (χ3n) is 3.87. The third kappa shape index (κ3) is 2.90. The van der Waals surface area contributed by atoms with Crippen molar-refractivity contribution in [3.63, 3.8) is 0 Å². The second-order valence-corrected chi connectivity index (χ2v) is 6.32. The molecule has 0 aliphatic rings. The Morgan fingerprint density at radius 3 is 2.78 bits per heavy atom. The minimum Gasteiger partial charge on any atom is -1.00 e. The van der Waals surface area contributed by atoms with Gasteiger partial charge in [-0.2, -0.15) is 0 Å². The van der Waals surface area contributed by atoms with Gasteiger partial charge in [-0.3, -0.25) is 0 Å². The second-order valence-electron chi connectivity index (χ2n) is 5.47. The van der Waals surface area contributed by atoms with E-state index in [0.29, 0.717) is 0 Å². The summed E-state index contributed by atoms with van der Waals surface area (Å²) in [5, 5.41) is 4.45. The highest BCUT2D eigenvalue weighted by Crippen LogP contribution is 2.34. The van der Waals surface area contributed by atoms with Crippen molar-refractivity contribution in [2.45, 2.75) is 0 Å². The van der Waals surface area contributed by atoms with E-state index in [0.717, 1.165) is 16.3 Å². The van der Waals surface area contributed by atoms with Crippen LogP contribution in [0.4, 0.5) is 0 Å². The SMILES string of the molecule is Cn1cc(-c2nc(-c3ccc[n+](C)c3)cs2)c2ccccc21.[I-]. The summed E-state index contributed by atoms with van der Waals surface area (Å²) in [5.41, 5.74) is 4.62. The summed E-state index contributed by atoms with van der Waals surface area (Å²) in [6.45, 7) is 0. The molecular formula is C18H16IN3S. The molecule has 0 amide bonds. The van der Waals surface area contributed by atoms with E-state index in [2.05, 4.69) is 59.7 Å². The zero-order chi connectivity index (χ0) is 15.1. The lowest BCUT2D eigenvalue weighted by Crippen LogP contribution is -3.00. The molecule has 3 nitrogen and oxygen atoms in total. The van der Waals surface area contributed by atoms with Crippen LogP contribution in [0, 0.1) is 0 Å². The quantitative estimate of drug-likeness (QED) is 0.339. The molecule has 0 N–H and O–H groups in total. The van der Waals surface area contributed by atoms with Crippen molar-refractivity contribution in [3.8, 4) is 21.8 Å². The summed E-state index contributed by atoms with van der Waals surface area (Å²) in [6.07, 6.45) is 6.29. The molecule has 0 fully saturated rings. The van der Waals surface area contributed by atoms with E-state index in [-0.39, 0.29) is 24.0 Å². The van der Waals surface area contributed by atoms with Crippen molar-refractivity contribution < 1.29 is 28.5 Å². The molecule has 0 aliphatic heterocycles. The van der Waals surface area contributed by atoms with Gasteiger partial charge in [0.1, 0.15) is 12.1 Å². The Balaban J connectivity index is 0.00000156. The van der Waals surface area contributed by atoms with Gasteiger partial charge in [0.25, 0.3) is 0 Å². The summed E-state index contributed by atoms with van der Waals surface area (Å²) in [5.74, 6) is 0. The van der Waals surface area contributed by atoms with Crippen molar-refractivity contribution in [2.75, 3.05) is 0 Å². The molecule has 0 spiro atoms. The highest BCUT2D eigenvalue weighted by atomic mass is 127. The lowest BCUT2D eigenvalue weighted by Gasteiger charge is -1.95. The van der Waals surface area contributed by atoms with Crippen LogP contribution in [0.5, 0.6) is 0 Å². The lowest BCUT2D eigenvalue weighted by molar-refractivity contribution is -0.671. The van der Waals surface area contributed by atoms with Gasteiger partial charge in [0.05, 0.1) is 11.3 Å². The van der Waals surface area contributed by atoms with Crippen molar-refractivity contribution in [3.05, 3.63) is 60.4 Å². The number of fused-ring (bicyclic) bond motifs is 1. The highest BCUT2D eigenvalue weighted by Gasteiger charge is 2.13. The fourth-order valence-corrected chi connectivity index (χ4v) is 3.63. The lowest BCUT2D eigenvalue weighted by atomic mass is 10.2. The average Bonchev–Trinajstić information content (AvgIpc) is 3.13. The number of para-hydroxylation sites is 1. The van der Waals surface area contributed by atoms with Crippen LogP contribution in [0.25, 0.3) is 32.7 Å². The largest absolute Gasteiger partial charge is 1.00 e. The number of aromatic nitrogens is 3. The van der Waals surface area contributed by atoms with Crippen LogP contribution in [-0.2, 0) is 14.1 Å². The number of hydrogen-bond acceptors (Lipinski definition) is 2. The van der Waals surface area contributed by atoms with Crippen molar-refractivity contribution in [1.29, 1.82) is 0 Å². The number of benzene rings is 1. The molecular weight excluding hydrogens is 417 g/mol. The summed E-state index contributed by atoms with van der Waals surface area (Å²) in [4.78, 5) is 4.85. The molecule has 4 rings (SSSR count).